The number of aryl methyl sites for hydroxylation is 1. The zero-order valence-corrected chi connectivity index (χ0v) is 21.3. The Labute approximate surface area is 208 Å². The predicted octanol–water partition coefficient (Wildman–Crippen LogP) is 9.62. The molecule has 4 aromatic rings. The van der Waals surface area contributed by atoms with Crippen molar-refractivity contribution in [3.8, 4) is 11.1 Å². The first-order valence-corrected chi connectivity index (χ1v) is 15.0. The van der Waals surface area contributed by atoms with Gasteiger partial charge in [-0.2, -0.15) is 12.5 Å². The standard InChI is InChI=1S/C28H25.2ClH.H2N.Ti/c1-3-4-12-21-19(2)27(18-20-11-5-6-13-22(20)21)28-25-16-9-7-14-23(25)24-15-8-10-17-26(24)28;;;;/h5-11,13-18,28H,2-4,12H2,1H3;2*1H;1H2;/q-1;;;-1;+2/p-2. The van der Waals surface area contributed by atoms with Crippen molar-refractivity contribution >= 4 is 29.4 Å². The van der Waals surface area contributed by atoms with E-state index in [-0.39, 0.29) is 12.1 Å². The number of fused-ring (bicyclic) bond motifs is 4. The first-order chi connectivity index (χ1) is 15.2. The van der Waals surface area contributed by atoms with Gasteiger partial charge in [-0.15, -0.1) is 17.2 Å². The minimum atomic E-state index is -0.556. The molecule has 0 atom stereocenters. The van der Waals surface area contributed by atoms with E-state index in [4.69, 9.17) is 18.6 Å². The molecule has 2 N–H and O–H groups in total. The van der Waals surface area contributed by atoms with Gasteiger partial charge in [0, 0.05) is 0 Å². The fraction of sp³-hybridized carbons (Fsp3) is 0.179. The van der Waals surface area contributed by atoms with Crippen LogP contribution in [0.15, 0.2) is 78.9 Å². The molecule has 0 radical (unpaired) electrons. The van der Waals surface area contributed by atoms with Gasteiger partial charge in [0.25, 0.3) is 0 Å². The van der Waals surface area contributed by atoms with Gasteiger partial charge in [0.05, 0.1) is 0 Å². The quantitative estimate of drug-likeness (QED) is 0.175. The molecular formula is C28H27Cl2NTi-2. The van der Waals surface area contributed by atoms with Crippen LogP contribution in [0, 0.1) is 6.92 Å². The summed E-state index contributed by atoms with van der Waals surface area (Å²) < 4.78 is 0. The Morgan fingerprint density at radius 1 is 0.812 bits per heavy atom. The number of hydrogen-bond acceptors (Lipinski definition) is 0. The molecule has 164 valence electrons. The minimum Gasteiger partial charge on any atom is -0.693 e. The van der Waals surface area contributed by atoms with E-state index < -0.39 is 17.0 Å². The van der Waals surface area contributed by atoms with Crippen LogP contribution in [-0.4, -0.2) is 0 Å². The summed E-state index contributed by atoms with van der Waals surface area (Å²) in [6.45, 7) is 6.88. The summed E-state index contributed by atoms with van der Waals surface area (Å²) in [4.78, 5) is 0. The van der Waals surface area contributed by atoms with Crippen molar-refractivity contribution in [1.82, 2.24) is 0 Å². The third-order valence-corrected chi connectivity index (χ3v) is 6.23. The maximum absolute atomic E-state index is 4.89. The minimum absolute atomic E-state index is 0. The van der Waals surface area contributed by atoms with Crippen molar-refractivity contribution in [3.63, 3.8) is 0 Å². The van der Waals surface area contributed by atoms with Crippen LogP contribution in [0.3, 0.4) is 0 Å². The number of benzene rings is 4. The summed E-state index contributed by atoms with van der Waals surface area (Å²) in [7, 11) is 9.78. The van der Waals surface area contributed by atoms with Crippen LogP contribution in [-0.2, 0) is 23.5 Å². The van der Waals surface area contributed by atoms with Gasteiger partial charge < -0.3 is 6.15 Å². The van der Waals surface area contributed by atoms with Crippen LogP contribution < -0.4 is 0 Å². The molecule has 0 amide bonds. The topological polar surface area (TPSA) is 33.5 Å². The Morgan fingerprint density at radius 2 is 1.34 bits per heavy atom. The maximum Gasteiger partial charge on any atom is -0.693 e. The summed E-state index contributed by atoms with van der Waals surface area (Å²) in [6.07, 6.45) is 3.50. The van der Waals surface area contributed by atoms with Crippen molar-refractivity contribution in [2.24, 2.45) is 0 Å². The summed E-state index contributed by atoms with van der Waals surface area (Å²) in [6, 6.07) is 28.9. The zero-order valence-electron chi connectivity index (χ0n) is 18.2. The van der Waals surface area contributed by atoms with E-state index in [1.165, 1.54) is 62.6 Å². The van der Waals surface area contributed by atoms with Gasteiger partial charge in [-0.25, -0.2) is 0 Å². The normalized spacial score (nSPS) is 11.7. The van der Waals surface area contributed by atoms with E-state index in [1.807, 2.05) is 0 Å². The van der Waals surface area contributed by atoms with Gasteiger partial charge in [-0.3, -0.25) is 0 Å². The largest absolute Gasteiger partial charge is 0.693 e. The molecular weight excluding hydrogens is 469 g/mol. The molecule has 5 rings (SSSR count). The fourth-order valence-corrected chi connectivity index (χ4v) is 4.88. The van der Waals surface area contributed by atoms with E-state index in [0.717, 1.165) is 6.42 Å². The SMILES string of the molecule is [CH2-]c1c(C2c3ccccc3-c3ccccc32)cc2ccccc2c1CCCC.[Cl][Ti][Cl].[NH2-]. The van der Waals surface area contributed by atoms with Crippen LogP contribution in [0.25, 0.3) is 28.0 Å². The van der Waals surface area contributed by atoms with Crippen molar-refractivity contribution in [2.45, 2.75) is 32.1 Å². The van der Waals surface area contributed by atoms with E-state index in [1.54, 1.807) is 0 Å². The van der Waals surface area contributed by atoms with Gasteiger partial charge in [-0.05, 0) is 33.6 Å². The molecule has 0 aliphatic heterocycles. The number of unbranched alkanes of at least 4 members (excludes halogenated alkanes) is 1. The molecule has 4 aromatic carbocycles. The fourth-order valence-electron chi connectivity index (χ4n) is 4.88. The van der Waals surface area contributed by atoms with Crippen LogP contribution in [0.1, 0.15) is 53.5 Å². The average molecular weight is 496 g/mol. The van der Waals surface area contributed by atoms with Crippen molar-refractivity contribution < 1.29 is 17.0 Å². The Morgan fingerprint density at radius 3 is 1.94 bits per heavy atom. The molecule has 0 aromatic heterocycles. The van der Waals surface area contributed by atoms with Gasteiger partial charge in [0.15, 0.2) is 0 Å². The van der Waals surface area contributed by atoms with E-state index in [2.05, 4.69) is 92.7 Å². The van der Waals surface area contributed by atoms with E-state index in [9.17, 15) is 0 Å². The molecule has 0 bridgehead atoms. The molecule has 0 saturated heterocycles. The van der Waals surface area contributed by atoms with Crippen molar-refractivity contribution in [2.75, 3.05) is 0 Å². The van der Waals surface area contributed by atoms with E-state index in [0.29, 0.717) is 0 Å². The Bertz CT molecular complexity index is 1160. The van der Waals surface area contributed by atoms with Gasteiger partial charge in [0.2, 0.25) is 0 Å². The molecule has 0 spiro atoms. The van der Waals surface area contributed by atoms with Crippen LogP contribution in [0.4, 0.5) is 0 Å². The Kier molecular flexibility index (Phi) is 8.88. The number of rotatable bonds is 4. The van der Waals surface area contributed by atoms with Gasteiger partial charge >= 0.3 is 35.6 Å². The Hall–Kier alpha value is -1.74. The smallest absolute Gasteiger partial charge is 0.693 e. The van der Waals surface area contributed by atoms with Crippen molar-refractivity contribution in [1.29, 1.82) is 0 Å². The summed E-state index contributed by atoms with van der Waals surface area (Å²) >= 11 is -0.556. The van der Waals surface area contributed by atoms with E-state index >= 15 is 0 Å². The summed E-state index contributed by atoms with van der Waals surface area (Å²) in [5.74, 6) is 0.268. The molecule has 1 aliphatic rings. The number of halogens is 2. The zero-order chi connectivity index (χ0) is 21.8. The molecule has 4 heteroatoms. The summed E-state index contributed by atoms with van der Waals surface area (Å²) in [5, 5.41) is 2.70. The molecule has 0 unspecified atom stereocenters. The Balaban J connectivity index is 0.000000686. The molecule has 1 aliphatic carbocycles. The molecule has 0 heterocycles. The predicted molar refractivity (Wildman–Crippen MR) is 137 cm³/mol. The van der Waals surface area contributed by atoms with Crippen LogP contribution in [0.5, 0.6) is 0 Å². The first kappa shape index (κ1) is 24.9. The van der Waals surface area contributed by atoms with Crippen LogP contribution in [0.2, 0.25) is 0 Å². The molecule has 32 heavy (non-hydrogen) atoms. The second kappa shape index (κ2) is 11.4. The van der Waals surface area contributed by atoms with Gasteiger partial charge in [-0.1, -0.05) is 104 Å². The van der Waals surface area contributed by atoms with Crippen molar-refractivity contribution in [3.05, 3.63) is 120 Å². The number of hydrogen-bond donors (Lipinski definition) is 0. The molecule has 0 fully saturated rings. The molecule has 0 saturated carbocycles. The second-order valence-electron chi connectivity index (χ2n) is 7.93. The monoisotopic (exact) mass is 495 g/mol. The summed E-state index contributed by atoms with van der Waals surface area (Å²) in [5.41, 5.74) is 9.56. The van der Waals surface area contributed by atoms with Gasteiger partial charge in [0.1, 0.15) is 0 Å². The average Bonchev–Trinajstić information content (AvgIpc) is 3.13. The third-order valence-electron chi connectivity index (χ3n) is 6.23. The number of nitrogens with two attached hydrogens (primary N) is 1. The first-order valence-electron chi connectivity index (χ1n) is 10.7. The maximum atomic E-state index is 4.89. The molecule has 1 nitrogen and oxygen atoms in total. The second-order valence-corrected chi connectivity index (χ2v) is 10.5. The van der Waals surface area contributed by atoms with Crippen LogP contribution >= 0.6 is 18.6 Å². The third kappa shape index (κ3) is 4.64.